The lowest BCUT2D eigenvalue weighted by Crippen LogP contribution is -2.16. The van der Waals surface area contributed by atoms with Crippen LogP contribution < -0.4 is 11.1 Å². The minimum Gasteiger partial charge on any atom is -0.397 e. The molecule has 8 heteroatoms. The van der Waals surface area contributed by atoms with Gasteiger partial charge in [0.15, 0.2) is 5.65 Å². The summed E-state index contributed by atoms with van der Waals surface area (Å²) < 4.78 is 0. The molecule has 2 heterocycles. The number of nitrogens with two attached hydrogens (primary N) is 1. The number of carbonyl (C=O) groups excluding carboxylic acids is 1. The van der Waals surface area contributed by atoms with E-state index >= 15 is 0 Å². The van der Waals surface area contributed by atoms with E-state index in [1.54, 1.807) is 18.2 Å². The molecular weight excluding hydrogens is 280 g/mol. The van der Waals surface area contributed by atoms with Crippen molar-refractivity contribution in [2.45, 2.75) is 0 Å². The number of nitrogens with one attached hydrogen (secondary N) is 2. The number of para-hydroxylation sites is 1. The predicted octanol–water partition coefficient (Wildman–Crippen LogP) is 1.84. The molecule has 0 saturated heterocycles. The Balaban J connectivity index is 1.90. The van der Waals surface area contributed by atoms with Gasteiger partial charge in [-0.25, -0.2) is 9.97 Å². The molecule has 1 amide bonds. The van der Waals surface area contributed by atoms with Crippen LogP contribution in [0.1, 0.15) is 10.4 Å². The van der Waals surface area contributed by atoms with Crippen molar-refractivity contribution in [3.63, 3.8) is 0 Å². The molecule has 0 spiro atoms. The van der Waals surface area contributed by atoms with Crippen LogP contribution >= 0.6 is 11.6 Å². The predicted molar refractivity (Wildman–Crippen MR) is 75.5 cm³/mol. The number of aromatic nitrogens is 4. The van der Waals surface area contributed by atoms with E-state index in [1.807, 2.05) is 0 Å². The number of anilines is 2. The molecule has 0 aliphatic rings. The molecule has 0 bridgehead atoms. The molecule has 0 aliphatic carbocycles. The summed E-state index contributed by atoms with van der Waals surface area (Å²) >= 11 is 5.87. The van der Waals surface area contributed by atoms with Gasteiger partial charge in [0.25, 0.3) is 5.91 Å². The zero-order chi connectivity index (χ0) is 14.1. The number of imidazole rings is 1. The van der Waals surface area contributed by atoms with Crippen LogP contribution in [0.5, 0.6) is 0 Å². The highest BCUT2D eigenvalue weighted by Crippen LogP contribution is 2.22. The Morgan fingerprint density at radius 2 is 2.20 bits per heavy atom. The third-order valence-corrected chi connectivity index (χ3v) is 3.03. The molecule has 3 rings (SSSR count). The number of halogens is 1. The average molecular weight is 289 g/mol. The van der Waals surface area contributed by atoms with Crippen LogP contribution in [0.25, 0.3) is 11.2 Å². The van der Waals surface area contributed by atoms with Gasteiger partial charge in [-0.1, -0.05) is 17.7 Å². The van der Waals surface area contributed by atoms with Crippen molar-refractivity contribution < 1.29 is 4.79 Å². The average Bonchev–Trinajstić information content (AvgIpc) is 2.89. The Hall–Kier alpha value is -2.67. The van der Waals surface area contributed by atoms with Crippen LogP contribution in [0, 0.1) is 0 Å². The van der Waals surface area contributed by atoms with E-state index in [9.17, 15) is 4.79 Å². The maximum atomic E-state index is 12.1. The van der Waals surface area contributed by atoms with Gasteiger partial charge in [-0.15, -0.1) is 0 Å². The Labute approximate surface area is 118 Å². The zero-order valence-electron chi connectivity index (χ0n) is 10.1. The number of rotatable bonds is 2. The van der Waals surface area contributed by atoms with E-state index in [0.29, 0.717) is 16.2 Å². The highest BCUT2D eigenvalue weighted by atomic mass is 35.5. The second kappa shape index (κ2) is 4.78. The topological polar surface area (TPSA) is 110 Å². The molecule has 0 radical (unpaired) electrons. The lowest BCUT2D eigenvalue weighted by atomic mass is 10.1. The van der Waals surface area contributed by atoms with Crippen molar-refractivity contribution >= 4 is 40.3 Å². The smallest absolute Gasteiger partial charge is 0.260 e. The molecule has 0 unspecified atom stereocenters. The number of hydrogen-bond donors (Lipinski definition) is 3. The lowest BCUT2D eigenvalue weighted by Gasteiger charge is -2.07. The second-order valence-corrected chi connectivity index (χ2v) is 4.40. The number of benzene rings is 1. The Bertz CT molecular complexity index is 799. The van der Waals surface area contributed by atoms with E-state index in [1.165, 1.54) is 12.5 Å². The summed E-state index contributed by atoms with van der Waals surface area (Å²) in [6, 6.07) is 4.83. The molecule has 0 atom stereocenters. The van der Waals surface area contributed by atoms with Crippen molar-refractivity contribution in [1.82, 2.24) is 19.9 Å². The second-order valence-electron chi connectivity index (χ2n) is 3.99. The highest BCUT2D eigenvalue weighted by Gasteiger charge is 2.13. The largest absolute Gasteiger partial charge is 0.397 e. The summed E-state index contributed by atoms with van der Waals surface area (Å²) in [6.07, 6.45) is 3.03. The number of hydrogen-bond acceptors (Lipinski definition) is 5. The Morgan fingerprint density at radius 1 is 1.35 bits per heavy atom. The molecule has 20 heavy (non-hydrogen) atoms. The van der Waals surface area contributed by atoms with Crippen LogP contribution in [0.3, 0.4) is 0 Å². The molecule has 3 aromatic rings. The Morgan fingerprint density at radius 3 is 3.05 bits per heavy atom. The first-order valence-corrected chi connectivity index (χ1v) is 6.04. The first kappa shape index (κ1) is 12.4. The van der Waals surface area contributed by atoms with E-state index < -0.39 is 5.91 Å². The van der Waals surface area contributed by atoms with Crippen molar-refractivity contribution in [3.8, 4) is 0 Å². The maximum Gasteiger partial charge on any atom is 0.260 e. The van der Waals surface area contributed by atoms with E-state index in [0.717, 1.165) is 0 Å². The fraction of sp³-hybridized carbons (Fsp3) is 0. The normalized spacial score (nSPS) is 10.7. The van der Waals surface area contributed by atoms with Crippen molar-refractivity contribution in [2.75, 3.05) is 11.1 Å². The van der Waals surface area contributed by atoms with Crippen molar-refractivity contribution in [1.29, 1.82) is 0 Å². The molecule has 4 N–H and O–H groups in total. The standard InChI is InChI=1S/C12H9ClN6O/c13-7-3-1-2-6(9(7)14)11(20)19-12-15-4-8-10(18-12)17-5-16-8/h1-5H,14H2,(H2,15,16,17,18,19,20). The van der Waals surface area contributed by atoms with Crippen molar-refractivity contribution in [3.05, 3.63) is 41.3 Å². The van der Waals surface area contributed by atoms with Gasteiger partial charge < -0.3 is 10.7 Å². The van der Waals surface area contributed by atoms with Gasteiger partial charge in [0.1, 0.15) is 5.52 Å². The number of H-pyrrole nitrogens is 1. The number of nitrogen functional groups attached to an aromatic ring is 1. The minimum absolute atomic E-state index is 0.147. The molecular formula is C12H9ClN6O. The summed E-state index contributed by atoms with van der Waals surface area (Å²) in [6.45, 7) is 0. The summed E-state index contributed by atoms with van der Waals surface area (Å²) in [7, 11) is 0. The van der Waals surface area contributed by atoms with E-state index in [2.05, 4.69) is 25.3 Å². The first-order valence-electron chi connectivity index (χ1n) is 5.66. The molecule has 0 fully saturated rings. The molecule has 0 saturated carbocycles. The van der Waals surface area contributed by atoms with Gasteiger partial charge in [0.05, 0.1) is 28.8 Å². The maximum absolute atomic E-state index is 12.1. The number of aromatic amines is 1. The van der Waals surface area contributed by atoms with Gasteiger partial charge in [-0.3, -0.25) is 10.1 Å². The van der Waals surface area contributed by atoms with E-state index in [4.69, 9.17) is 17.3 Å². The monoisotopic (exact) mass is 288 g/mol. The molecule has 2 aromatic heterocycles. The van der Waals surface area contributed by atoms with Crippen molar-refractivity contribution in [2.24, 2.45) is 0 Å². The first-order chi connectivity index (χ1) is 9.65. The Kier molecular flexibility index (Phi) is 2.96. The van der Waals surface area contributed by atoms with Gasteiger partial charge in [0, 0.05) is 0 Å². The molecule has 1 aromatic carbocycles. The van der Waals surface area contributed by atoms with E-state index in [-0.39, 0.29) is 17.2 Å². The highest BCUT2D eigenvalue weighted by molar-refractivity contribution is 6.34. The molecule has 100 valence electrons. The summed E-state index contributed by atoms with van der Waals surface area (Å²) in [5, 5.41) is 2.88. The number of nitrogens with zero attached hydrogens (tertiary/aromatic N) is 3. The zero-order valence-corrected chi connectivity index (χ0v) is 10.8. The van der Waals surface area contributed by atoms with Crippen LogP contribution in [-0.4, -0.2) is 25.8 Å². The minimum atomic E-state index is -0.431. The SMILES string of the molecule is Nc1c(Cl)cccc1C(=O)Nc1ncc2[nH]cnc2n1. The summed E-state index contributed by atoms with van der Waals surface area (Å²) in [5.74, 6) is -0.283. The molecule has 7 nitrogen and oxygen atoms in total. The lowest BCUT2D eigenvalue weighted by molar-refractivity contribution is 0.102. The van der Waals surface area contributed by atoms with Gasteiger partial charge in [-0.05, 0) is 12.1 Å². The molecule has 0 aliphatic heterocycles. The third-order valence-electron chi connectivity index (χ3n) is 2.70. The number of amides is 1. The summed E-state index contributed by atoms with van der Waals surface area (Å²) in [5.41, 5.74) is 7.39. The third kappa shape index (κ3) is 2.14. The van der Waals surface area contributed by atoms with Crippen LogP contribution in [0.15, 0.2) is 30.7 Å². The van der Waals surface area contributed by atoms with Gasteiger partial charge in [-0.2, -0.15) is 4.98 Å². The summed E-state index contributed by atoms with van der Waals surface area (Å²) in [4.78, 5) is 27.1. The van der Waals surface area contributed by atoms with Gasteiger partial charge in [0.2, 0.25) is 5.95 Å². The number of carbonyl (C=O) groups is 1. The van der Waals surface area contributed by atoms with Crippen LogP contribution in [0.2, 0.25) is 5.02 Å². The fourth-order valence-electron chi connectivity index (χ4n) is 1.70. The number of fused-ring (bicyclic) bond motifs is 1. The van der Waals surface area contributed by atoms with Gasteiger partial charge >= 0.3 is 0 Å². The van der Waals surface area contributed by atoms with Crippen LogP contribution in [0.4, 0.5) is 11.6 Å². The fourth-order valence-corrected chi connectivity index (χ4v) is 1.87. The quantitative estimate of drug-likeness (QED) is 0.623. The van der Waals surface area contributed by atoms with Crippen LogP contribution in [-0.2, 0) is 0 Å².